The van der Waals surface area contributed by atoms with E-state index in [-0.39, 0.29) is 0 Å². The minimum Gasteiger partial charge on any atom is -0.0784 e. The Morgan fingerprint density at radius 2 is 0.700 bits per heavy atom. The van der Waals surface area contributed by atoms with E-state index in [4.69, 9.17) is 69.6 Å². The molecule has 0 saturated heterocycles. The van der Waals surface area contributed by atoms with Crippen LogP contribution in [0.25, 0.3) is 0 Å². The van der Waals surface area contributed by atoms with Gasteiger partial charge in [-0.2, -0.15) is 0 Å². The van der Waals surface area contributed by atoms with Gasteiger partial charge in [-0.05, 0) is 0 Å². The molecule has 0 unspecified atom stereocenters. The van der Waals surface area contributed by atoms with Crippen LogP contribution in [0.3, 0.4) is 0 Å². The Morgan fingerprint density at radius 1 is 0.450 bits per heavy atom. The summed E-state index contributed by atoms with van der Waals surface area (Å²) >= 11 is 34.3. The van der Waals surface area contributed by atoms with E-state index < -0.39 is 7.59 Å². The molecular weight excluding hydrogens is 381 g/mol. The Morgan fingerprint density at radius 3 is 0.900 bits per heavy atom. The van der Waals surface area contributed by atoms with Crippen molar-refractivity contribution in [1.29, 1.82) is 0 Å². The van der Waals surface area contributed by atoms with Gasteiger partial charge >= 0.3 is 0 Å². The topological polar surface area (TPSA) is 0 Å². The summed E-state index contributed by atoms with van der Waals surface area (Å²) in [7, 11) is 0. The highest BCUT2D eigenvalue weighted by molar-refractivity contribution is 6.69. The summed E-state index contributed by atoms with van der Waals surface area (Å²) in [6.45, 7) is 0. The second-order valence-electron chi connectivity index (χ2n) is 3.70. The van der Waals surface area contributed by atoms with Gasteiger partial charge in [0.05, 0.1) is 0 Å². The molecule has 20 heavy (non-hydrogen) atoms. The van der Waals surface area contributed by atoms with Gasteiger partial charge < -0.3 is 0 Å². The zero-order valence-electron chi connectivity index (χ0n) is 10.0. The maximum absolute atomic E-state index is 5.72. The van der Waals surface area contributed by atoms with Crippen molar-refractivity contribution >= 4 is 69.6 Å². The third-order valence-electron chi connectivity index (χ3n) is 2.20. The number of benzene rings is 2. The van der Waals surface area contributed by atoms with Gasteiger partial charge in [0, 0.05) is 11.1 Å². The number of rotatable bonds is 0. The lowest BCUT2D eigenvalue weighted by atomic mass is 10.1. The number of hydrogen-bond acceptors (Lipinski definition) is 0. The van der Waals surface area contributed by atoms with Crippen molar-refractivity contribution in [3.05, 3.63) is 71.8 Å². The fraction of sp³-hybridized carbons (Fsp3) is 0.143. The highest BCUT2D eigenvalue weighted by atomic mass is 35.6. The minimum absolute atomic E-state index is 0.366. The standard InChI is InChI=1S/C8H4Cl6.C6H6/c9-7(10,11)5-3-1-2-4-6(5)8(12,13)14;1-2-4-6-5-3-1/h1-4H;1-6H. The molecule has 2 aromatic rings. The summed E-state index contributed by atoms with van der Waals surface area (Å²) in [5.74, 6) is 0. The van der Waals surface area contributed by atoms with Crippen molar-refractivity contribution in [2.45, 2.75) is 7.59 Å². The molecular formula is C14H10Cl6. The molecule has 0 N–H and O–H groups in total. The van der Waals surface area contributed by atoms with Crippen molar-refractivity contribution in [2.24, 2.45) is 0 Å². The average molecular weight is 391 g/mol. The number of halogens is 6. The first-order valence-electron chi connectivity index (χ1n) is 5.46. The molecule has 108 valence electrons. The maximum Gasteiger partial charge on any atom is 0.216 e. The van der Waals surface area contributed by atoms with Crippen LogP contribution in [0.4, 0.5) is 0 Å². The van der Waals surface area contributed by atoms with Crippen LogP contribution < -0.4 is 0 Å². The molecule has 0 fully saturated rings. The van der Waals surface area contributed by atoms with Crippen molar-refractivity contribution in [1.82, 2.24) is 0 Å². The van der Waals surface area contributed by atoms with Crippen molar-refractivity contribution in [3.8, 4) is 0 Å². The Hall–Kier alpha value is 0.180. The fourth-order valence-electron chi connectivity index (χ4n) is 1.36. The van der Waals surface area contributed by atoms with E-state index in [2.05, 4.69) is 0 Å². The fourth-order valence-corrected chi connectivity index (χ4v) is 2.35. The summed E-state index contributed by atoms with van der Waals surface area (Å²) < 4.78 is -3.19. The van der Waals surface area contributed by atoms with Crippen LogP contribution in [-0.2, 0) is 7.59 Å². The van der Waals surface area contributed by atoms with E-state index >= 15 is 0 Å². The van der Waals surface area contributed by atoms with E-state index in [9.17, 15) is 0 Å². The predicted octanol–water partition coefficient (Wildman–Crippen LogP) is 7.03. The predicted molar refractivity (Wildman–Crippen MR) is 91.4 cm³/mol. The lowest BCUT2D eigenvalue weighted by molar-refractivity contribution is 1.11. The van der Waals surface area contributed by atoms with Gasteiger partial charge in [-0.1, -0.05) is 130 Å². The van der Waals surface area contributed by atoms with Crippen LogP contribution in [0, 0.1) is 0 Å². The zero-order valence-corrected chi connectivity index (χ0v) is 14.6. The summed E-state index contributed by atoms with van der Waals surface area (Å²) in [4.78, 5) is 0. The van der Waals surface area contributed by atoms with E-state index in [0.717, 1.165) is 0 Å². The molecule has 2 rings (SSSR count). The van der Waals surface area contributed by atoms with Gasteiger partial charge in [0.2, 0.25) is 7.59 Å². The molecule has 0 saturated carbocycles. The molecule has 0 amide bonds. The van der Waals surface area contributed by atoms with E-state index in [1.54, 1.807) is 24.3 Å². The smallest absolute Gasteiger partial charge is 0.0784 e. The molecule has 2 aromatic carbocycles. The molecule has 0 nitrogen and oxygen atoms in total. The van der Waals surface area contributed by atoms with Crippen LogP contribution in [0.2, 0.25) is 0 Å². The highest BCUT2D eigenvalue weighted by Gasteiger charge is 2.33. The van der Waals surface area contributed by atoms with Crippen molar-refractivity contribution in [3.63, 3.8) is 0 Å². The Kier molecular flexibility index (Phi) is 7.28. The van der Waals surface area contributed by atoms with Crippen molar-refractivity contribution in [2.75, 3.05) is 0 Å². The monoisotopic (exact) mass is 388 g/mol. The van der Waals surface area contributed by atoms with Crippen LogP contribution in [0.5, 0.6) is 0 Å². The number of alkyl halides is 6. The van der Waals surface area contributed by atoms with E-state index in [1.807, 2.05) is 36.4 Å². The summed E-state index contributed by atoms with van der Waals surface area (Å²) in [5, 5.41) is 0. The van der Waals surface area contributed by atoms with E-state index in [0.29, 0.717) is 11.1 Å². The van der Waals surface area contributed by atoms with Gasteiger partial charge in [0.1, 0.15) is 0 Å². The Balaban J connectivity index is 0.000000276. The summed E-state index contributed by atoms with van der Waals surface area (Å²) in [5.41, 5.74) is 0.731. The Labute approximate surface area is 148 Å². The van der Waals surface area contributed by atoms with Gasteiger partial charge in [0.25, 0.3) is 0 Å². The van der Waals surface area contributed by atoms with Crippen molar-refractivity contribution < 1.29 is 0 Å². The normalized spacial score (nSPS) is 11.5. The lowest BCUT2D eigenvalue weighted by Gasteiger charge is -2.20. The largest absolute Gasteiger partial charge is 0.216 e. The third kappa shape index (κ3) is 6.30. The first kappa shape index (κ1) is 18.2. The second-order valence-corrected chi connectivity index (χ2v) is 8.26. The van der Waals surface area contributed by atoms with Crippen LogP contribution in [-0.4, -0.2) is 0 Å². The SMILES string of the molecule is ClC(Cl)(Cl)c1ccccc1C(Cl)(Cl)Cl.c1ccccc1. The summed E-state index contributed by atoms with van der Waals surface area (Å²) in [6.07, 6.45) is 0. The molecule has 0 aliphatic rings. The molecule has 0 aromatic heterocycles. The van der Waals surface area contributed by atoms with E-state index in [1.165, 1.54) is 0 Å². The molecule has 0 bridgehead atoms. The molecule has 0 spiro atoms. The van der Waals surface area contributed by atoms with Crippen LogP contribution in [0.1, 0.15) is 11.1 Å². The zero-order chi connectivity index (χ0) is 15.2. The average Bonchev–Trinajstić information content (AvgIpc) is 2.39. The van der Waals surface area contributed by atoms with Crippen LogP contribution >= 0.6 is 69.6 Å². The summed E-state index contributed by atoms with van der Waals surface area (Å²) in [6, 6.07) is 18.6. The van der Waals surface area contributed by atoms with Gasteiger partial charge in [-0.25, -0.2) is 0 Å². The quantitative estimate of drug-likeness (QED) is 0.423. The highest BCUT2D eigenvalue weighted by Crippen LogP contribution is 2.47. The first-order valence-corrected chi connectivity index (χ1v) is 7.73. The van der Waals surface area contributed by atoms with Crippen LogP contribution in [0.15, 0.2) is 60.7 Å². The van der Waals surface area contributed by atoms with Gasteiger partial charge in [-0.3, -0.25) is 0 Å². The van der Waals surface area contributed by atoms with Gasteiger partial charge in [0.15, 0.2) is 0 Å². The first-order chi connectivity index (χ1) is 9.23. The molecule has 0 aliphatic carbocycles. The molecule has 6 heteroatoms. The molecule has 0 heterocycles. The number of hydrogen-bond donors (Lipinski definition) is 0. The minimum atomic E-state index is -1.60. The molecule has 0 aliphatic heterocycles. The third-order valence-corrected chi connectivity index (χ3v) is 3.43. The Bertz CT molecular complexity index is 453. The van der Waals surface area contributed by atoms with Gasteiger partial charge in [-0.15, -0.1) is 0 Å². The lowest BCUT2D eigenvalue weighted by Crippen LogP contribution is -2.11. The maximum atomic E-state index is 5.72. The second kappa shape index (κ2) is 7.98. The molecule has 0 radical (unpaired) electrons. The molecule has 0 atom stereocenters.